The molecule has 29 heavy (non-hydrogen) atoms. The molecule has 5 heteroatoms. The Kier molecular flexibility index (Phi) is 8.16. The highest BCUT2D eigenvalue weighted by Crippen LogP contribution is 2.23. The largest absolute Gasteiger partial charge is 0.396 e. The van der Waals surface area contributed by atoms with E-state index in [0.29, 0.717) is 5.69 Å². The summed E-state index contributed by atoms with van der Waals surface area (Å²) in [6.07, 6.45) is 4.62. The number of anilines is 1. The lowest BCUT2D eigenvalue weighted by molar-refractivity contribution is 0.101. The van der Waals surface area contributed by atoms with E-state index in [2.05, 4.69) is 55.3 Å². The zero-order chi connectivity index (χ0) is 21.4. The Morgan fingerprint density at radius 3 is 2.24 bits per heavy atom. The second-order valence-electron chi connectivity index (χ2n) is 7.70. The number of carbonyl (C=O) groups excluding carboxylic acids is 1. The number of hydrogen-bond acceptors (Lipinski definition) is 4. The predicted octanol–water partition coefficient (Wildman–Crippen LogP) is 4.51. The normalized spacial score (nSPS) is 11.7. The number of Topliss-reactive ketones (excluding diaryl/α,β-unsaturated/α-hetero) is 1. The molecule has 0 aliphatic rings. The van der Waals surface area contributed by atoms with Crippen LogP contribution in [0.1, 0.15) is 46.4 Å². The van der Waals surface area contributed by atoms with E-state index in [1.165, 1.54) is 11.1 Å². The number of nitrogen functional groups attached to an aromatic ring is 1. The molecule has 0 saturated carbocycles. The number of aryl methyl sites for hydroxylation is 2. The Bertz CT molecular complexity index is 930. The maximum atomic E-state index is 10.8. The van der Waals surface area contributed by atoms with Crippen molar-refractivity contribution in [3.8, 4) is 0 Å². The second-order valence-corrected chi connectivity index (χ2v) is 7.70. The third-order valence-corrected chi connectivity index (χ3v) is 4.64. The number of ketones is 1. The lowest BCUT2D eigenvalue weighted by Gasteiger charge is -2.20. The van der Waals surface area contributed by atoms with E-state index in [9.17, 15) is 4.79 Å². The zero-order valence-electron chi connectivity index (χ0n) is 18.1. The van der Waals surface area contributed by atoms with Gasteiger partial charge in [-0.15, -0.1) is 0 Å². The summed E-state index contributed by atoms with van der Waals surface area (Å²) in [5.74, 6) is 0.128. The van der Waals surface area contributed by atoms with Gasteiger partial charge < -0.3 is 10.6 Å². The molecule has 1 aromatic heterocycles. The highest BCUT2D eigenvalue weighted by atomic mass is 16.1. The molecule has 154 valence electrons. The summed E-state index contributed by atoms with van der Waals surface area (Å²) in [6.45, 7) is 6.68. The van der Waals surface area contributed by atoms with Gasteiger partial charge in [-0.05, 0) is 59.5 Å². The number of rotatable bonds is 6. The summed E-state index contributed by atoms with van der Waals surface area (Å²) < 4.78 is 1.97. The summed E-state index contributed by atoms with van der Waals surface area (Å²) in [4.78, 5) is 13.0. The molecule has 3 rings (SSSR count). The fraction of sp³-hybridized carbons (Fsp3) is 0.333. The topological polar surface area (TPSA) is 64.2 Å². The molecular formula is C24H32N4O. The molecule has 0 fully saturated rings. The standard InChI is InChI=1S/C15H22N4.C9H10O/c1-12-5-4-6-13(9-12)15(7-8-18(2)3)19-11-14(16)10-17-19;1-7-4-3-5-9(6-7)8(2)10/h4-6,9-11,15H,7-8,16H2,1-3H3;3-6H,1-2H3. The van der Waals surface area contributed by atoms with E-state index in [1.54, 1.807) is 13.1 Å². The van der Waals surface area contributed by atoms with Crippen LogP contribution in [0.3, 0.4) is 0 Å². The molecule has 0 aliphatic carbocycles. The van der Waals surface area contributed by atoms with Crippen LogP contribution in [0.25, 0.3) is 0 Å². The van der Waals surface area contributed by atoms with Crippen LogP contribution in [-0.4, -0.2) is 41.1 Å². The van der Waals surface area contributed by atoms with Crippen molar-refractivity contribution >= 4 is 11.5 Å². The first-order valence-electron chi connectivity index (χ1n) is 9.85. The maximum Gasteiger partial charge on any atom is 0.159 e. The van der Waals surface area contributed by atoms with Gasteiger partial charge in [-0.2, -0.15) is 5.10 Å². The Morgan fingerprint density at radius 1 is 1.10 bits per heavy atom. The predicted molar refractivity (Wildman–Crippen MR) is 120 cm³/mol. The minimum absolute atomic E-state index is 0.128. The first kappa shape index (κ1) is 22.4. The van der Waals surface area contributed by atoms with Crippen LogP contribution in [0.15, 0.2) is 60.9 Å². The molecule has 1 unspecified atom stereocenters. The first-order chi connectivity index (χ1) is 13.8. The highest BCUT2D eigenvalue weighted by molar-refractivity contribution is 5.94. The number of hydrogen-bond donors (Lipinski definition) is 1. The maximum absolute atomic E-state index is 10.8. The van der Waals surface area contributed by atoms with E-state index in [0.717, 1.165) is 24.1 Å². The molecule has 0 spiro atoms. The molecule has 0 amide bonds. The first-order valence-corrected chi connectivity index (χ1v) is 9.85. The lowest BCUT2D eigenvalue weighted by atomic mass is 10.0. The average molecular weight is 393 g/mol. The van der Waals surface area contributed by atoms with E-state index in [-0.39, 0.29) is 11.8 Å². The van der Waals surface area contributed by atoms with Crippen molar-refractivity contribution < 1.29 is 4.79 Å². The molecule has 0 aliphatic heterocycles. The van der Waals surface area contributed by atoms with Gasteiger partial charge in [-0.1, -0.05) is 53.6 Å². The monoisotopic (exact) mass is 392 g/mol. The van der Waals surface area contributed by atoms with E-state index >= 15 is 0 Å². The molecule has 2 N–H and O–H groups in total. The van der Waals surface area contributed by atoms with Crippen LogP contribution in [-0.2, 0) is 0 Å². The zero-order valence-corrected chi connectivity index (χ0v) is 18.1. The van der Waals surface area contributed by atoms with E-state index < -0.39 is 0 Å². The molecule has 5 nitrogen and oxygen atoms in total. The van der Waals surface area contributed by atoms with Gasteiger partial charge in [0, 0.05) is 11.8 Å². The third kappa shape index (κ3) is 7.20. The van der Waals surface area contributed by atoms with Crippen LogP contribution < -0.4 is 5.73 Å². The summed E-state index contributed by atoms with van der Waals surface area (Å²) >= 11 is 0. The van der Waals surface area contributed by atoms with Crippen molar-refractivity contribution in [2.45, 2.75) is 33.2 Å². The molecule has 1 heterocycles. The smallest absolute Gasteiger partial charge is 0.159 e. The molecular weight excluding hydrogens is 360 g/mol. The van der Waals surface area contributed by atoms with Crippen molar-refractivity contribution in [3.63, 3.8) is 0 Å². The number of benzene rings is 2. The second kappa shape index (κ2) is 10.6. The minimum Gasteiger partial charge on any atom is -0.396 e. The van der Waals surface area contributed by atoms with Crippen LogP contribution in [0, 0.1) is 13.8 Å². The number of carbonyl (C=O) groups is 1. The molecule has 0 radical (unpaired) electrons. The Balaban J connectivity index is 0.000000253. The molecule has 3 aromatic rings. The minimum atomic E-state index is 0.128. The molecule has 2 aromatic carbocycles. The third-order valence-electron chi connectivity index (χ3n) is 4.64. The van der Waals surface area contributed by atoms with E-state index in [4.69, 9.17) is 5.73 Å². The van der Waals surface area contributed by atoms with Gasteiger partial charge in [0.25, 0.3) is 0 Å². The number of nitrogens with two attached hydrogens (primary N) is 1. The van der Waals surface area contributed by atoms with Crippen LogP contribution in [0.2, 0.25) is 0 Å². The van der Waals surface area contributed by atoms with Gasteiger partial charge >= 0.3 is 0 Å². The van der Waals surface area contributed by atoms with Gasteiger partial charge in [0.15, 0.2) is 5.78 Å². The van der Waals surface area contributed by atoms with Crippen LogP contribution in [0.4, 0.5) is 5.69 Å². The van der Waals surface area contributed by atoms with Crippen molar-refractivity contribution in [1.82, 2.24) is 14.7 Å². The summed E-state index contributed by atoms with van der Waals surface area (Å²) in [7, 11) is 4.18. The summed E-state index contributed by atoms with van der Waals surface area (Å²) in [6, 6.07) is 16.4. The van der Waals surface area contributed by atoms with Crippen molar-refractivity contribution in [3.05, 3.63) is 83.2 Å². The van der Waals surface area contributed by atoms with Crippen LogP contribution >= 0.6 is 0 Å². The number of aromatic nitrogens is 2. The van der Waals surface area contributed by atoms with Gasteiger partial charge in [0.05, 0.1) is 17.9 Å². The highest BCUT2D eigenvalue weighted by Gasteiger charge is 2.15. The van der Waals surface area contributed by atoms with Crippen molar-refractivity contribution in [2.24, 2.45) is 0 Å². The van der Waals surface area contributed by atoms with E-state index in [1.807, 2.05) is 42.1 Å². The van der Waals surface area contributed by atoms with Gasteiger partial charge in [-0.25, -0.2) is 0 Å². The fourth-order valence-corrected chi connectivity index (χ4v) is 3.10. The van der Waals surface area contributed by atoms with Gasteiger partial charge in [-0.3, -0.25) is 9.48 Å². The summed E-state index contributed by atoms with van der Waals surface area (Å²) in [5.41, 5.74) is 11.0. The van der Waals surface area contributed by atoms with Crippen molar-refractivity contribution in [1.29, 1.82) is 0 Å². The fourth-order valence-electron chi connectivity index (χ4n) is 3.10. The van der Waals surface area contributed by atoms with Crippen molar-refractivity contribution in [2.75, 3.05) is 26.4 Å². The molecule has 0 bridgehead atoms. The van der Waals surface area contributed by atoms with Gasteiger partial charge in [0.1, 0.15) is 0 Å². The van der Waals surface area contributed by atoms with Crippen LogP contribution in [0.5, 0.6) is 0 Å². The van der Waals surface area contributed by atoms with Gasteiger partial charge in [0.2, 0.25) is 0 Å². The Labute approximate surface area is 174 Å². The summed E-state index contributed by atoms with van der Waals surface area (Å²) in [5, 5.41) is 4.37. The Hall–Kier alpha value is -2.92. The average Bonchev–Trinajstić information content (AvgIpc) is 3.08. The number of nitrogens with zero attached hydrogens (tertiary/aromatic N) is 3. The molecule has 0 saturated heterocycles. The quantitative estimate of drug-likeness (QED) is 0.627. The lowest BCUT2D eigenvalue weighted by Crippen LogP contribution is -2.20. The SMILES string of the molecule is CC(=O)c1cccc(C)c1.Cc1cccc(C(CCN(C)C)n2cc(N)cn2)c1. The Morgan fingerprint density at radius 2 is 1.76 bits per heavy atom. The molecule has 1 atom stereocenters.